The number of rotatable bonds is 1. The van der Waals surface area contributed by atoms with Crippen LogP contribution in [0.1, 0.15) is 12.6 Å². The first-order chi connectivity index (χ1) is 6.63. The molecule has 0 saturated carbocycles. The van der Waals surface area contributed by atoms with Gasteiger partial charge in [0.25, 0.3) is 5.91 Å². The fourth-order valence-electron chi connectivity index (χ4n) is 1.38. The van der Waals surface area contributed by atoms with Gasteiger partial charge in [-0.25, -0.2) is 4.99 Å². The van der Waals surface area contributed by atoms with Crippen LogP contribution in [0, 0.1) is 0 Å². The molecule has 0 spiro atoms. The highest BCUT2D eigenvalue weighted by Gasteiger charge is 2.41. The standard InChI is InChI=1S/C9H10N4O/c1-9(6-4-2-3-5-11-6)7(14)12-8(10)13-9/h2-5H,1H3,(H3,10,12,13,14). The maximum absolute atomic E-state index is 11.6. The summed E-state index contributed by atoms with van der Waals surface area (Å²) in [6.45, 7) is 1.69. The van der Waals surface area contributed by atoms with Crippen LogP contribution < -0.4 is 11.1 Å². The van der Waals surface area contributed by atoms with Crippen molar-refractivity contribution in [2.24, 2.45) is 10.7 Å². The Morgan fingerprint density at radius 1 is 1.50 bits per heavy atom. The van der Waals surface area contributed by atoms with Gasteiger partial charge in [-0.05, 0) is 19.1 Å². The van der Waals surface area contributed by atoms with Crippen molar-refractivity contribution in [3.63, 3.8) is 0 Å². The smallest absolute Gasteiger partial charge is 0.260 e. The summed E-state index contributed by atoms with van der Waals surface area (Å²) in [4.78, 5) is 19.7. The second kappa shape index (κ2) is 2.80. The minimum atomic E-state index is -0.981. The molecule has 72 valence electrons. The van der Waals surface area contributed by atoms with E-state index in [9.17, 15) is 4.79 Å². The van der Waals surface area contributed by atoms with Crippen LogP contribution in [0.25, 0.3) is 0 Å². The normalized spacial score (nSPS) is 25.8. The largest absolute Gasteiger partial charge is 0.370 e. The van der Waals surface area contributed by atoms with Gasteiger partial charge in [0.1, 0.15) is 0 Å². The number of aliphatic imine (C=N–C) groups is 1. The summed E-state index contributed by atoms with van der Waals surface area (Å²) in [5.74, 6) is -0.100. The molecular weight excluding hydrogens is 180 g/mol. The minimum absolute atomic E-state index is 0.142. The number of aromatic nitrogens is 1. The molecule has 1 unspecified atom stereocenters. The third-order valence-corrected chi connectivity index (χ3v) is 2.19. The molecule has 1 aromatic rings. The third kappa shape index (κ3) is 1.14. The molecule has 2 rings (SSSR count). The fourth-order valence-corrected chi connectivity index (χ4v) is 1.38. The van der Waals surface area contributed by atoms with Crippen molar-refractivity contribution in [1.29, 1.82) is 0 Å². The molecule has 0 fully saturated rings. The SMILES string of the molecule is CC1(c2ccccn2)N=C(N)NC1=O. The Bertz CT molecular complexity index is 401. The summed E-state index contributed by atoms with van der Waals surface area (Å²) in [5.41, 5.74) is 5.04. The lowest BCUT2D eigenvalue weighted by Gasteiger charge is -2.15. The number of hydrogen-bond acceptors (Lipinski definition) is 4. The van der Waals surface area contributed by atoms with Crippen LogP contribution in [0.4, 0.5) is 0 Å². The van der Waals surface area contributed by atoms with Crippen LogP contribution in [-0.4, -0.2) is 16.9 Å². The first kappa shape index (κ1) is 8.68. The van der Waals surface area contributed by atoms with E-state index in [2.05, 4.69) is 15.3 Å². The lowest BCUT2D eigenvalue weighted by Crippen LogP contribution is -2.37. The monoisotopic (exact) mass is 190 g/mol. The van der Waals surface area contributed by atoms with Crippen molar-refractivity contribution in [1.82, 2.24) is 10.3 Å². The Balaban J connectivity index is 2.48. The van der Waals surface area contributed by atoms with Crippen molar-refractivity contribution in [3.8, 4) is 0 Å². The van der Waals surface area contributed by atoms with Crippen LogP contribution in [0.15, 0.2) is 29.4 Å². The van der Waals surface area contributed by atoms with E-state index in [0.29, 0.717) is 5.69 Å². The predicted octanol–water partition coefficient (Wildman–Crippen LogP) is -0.259. The zero-order valence-electron chi connectivity index (χ0n) is 7.69. The Kier molecular flexibility index (Phi) is 1.73. The maximum atomic E-state index is 11.6. The summed E-state index contributed by atoms with van der Waals surface area (Å²) < 4.78 is 0. The van der Waals surface area contributed by atoms with Crippen LogP contribution in [-0.2, 0) is 10.3 Å². The van der Waals surface area contributed by atoms with Crippen LogP contribution in [0.2, 0.25) is 0 Å². The topological polar surface area (TPSA) is 80.4 Å². The lowest BCUT2D eigenvalue weighted by molar-refractivity contribution is -0.123. The molecule has 14 heavy (non-hydrogen) atoms. The molecule has 0 bridgehead atoms. The summed E-state index contributed by atoms with van der Waals surface area (Å²) in [7, 11) is 0. The molecular formula is C9H10N4O. The quantitative estimate of drug-likeness (QED) is 0.640. The minimum Gasteiger partial charge on any atom is -0.370 e. The first-order valence-electron chi connectivity index (χ1n) is 4.21. The first-order valence-corrected chi connectivity index (χ1v) is 4.21. The molecule has 1 aliphatic heterocycles. The van der Waals surface area contributed by atoms with E-state index in [-0.39, 0.29) is 11.9 Å². The molecule has 0 aromatic carbocycles. The molecule has 1 aromatic heterocycles. The third-order valence-electron chi connectivity index (χ3n) is 2.19. The van der Waals surface area contributed by atoms with Crippen molar-refractivity contribution in [2.75, 3.05) is 0 Å². The lowest BCUT2D eigenvalue weighted by atomic mass is 9.98. The van der Waals surface area contributed by atoms with Crippen LogP contribution in [0.5, 0.6) is 0 Å². The predicted molar refractivity (Wildman–Crippen MR) is 51.4 cm³/mol. The van der Waals surface area contributed by atoms with Crippen molar-refractivity contribution < 1.29 is 4.79 Å². The highest BCUT2D eigenvalue weighted by molar-refractivity contribution is 6.06. The van der Waals surface area contributed by atoms with Gasteiger partial charge >= 0.3 is 0 Å². The zero-order valence-corrected chi connectivity index (χ0v) is 7.69. The molecule has 1 aliphatic rings. The van der Waals surface area contributed by atoms with E-state index in [1.165, 1.54) is 0 Å². The summed E-state index contributed by atoms with van der Waals surface area (Å²) in [5, 5.41) is 2.45. The summed E-state index contributed by atoms with van der Waals surface area (Å²) >= 11 is 0. The summed E-state index contributed by atoms with van der Waals surface area (Å²) in [6.07, 6.45) is 1.62. The molecule has 1 atom stereocenters. The van der Waals surface area contributed by atoms with Gasteiger partial charge in [0, 0.05) is 6.20 Å². The molecule has 0 saturated heterocycles. The summed E-state index contributed by atoms with van der Waals surface area (Å²) in [6, 6.07) is 5.35. The number of nitrogens with zero attached hydrogens (tertiary/aromatic N) is 2. The number of carbonyl (C=O) groups excluding carboxylic acids is 1. The van der Waals surface area contributed by atoms with E-state index in [1.54, 1.807) is 25.3 Å². The Morgan fingerprint density at radius 3 is 2.79 bits per heavy atom. The van der Waals surface area contributed by atoms with Gasteiger partial charge in [0.2, 0.25) is 0 Å². The number of nitrogens with one attached hydrogen (secondary N) is 1. The van der Waals surface area contributed by atoms with Gasteiger partial charge in [-0.2, -0.15) is 0 Å². The average molecular weight is 190 g/mol. The molecule has 3 N–H and O–H groups in total. The van der Waals surface area contributed by atoms with E-state index in [0.717, 1.165) is 0 Å². The van der Waals surface area contributed by atoms with Crippen molar-refractivity contribution >= 4 is 11.9 Å². The second-order valence-electron chi connectivity index (χ2n) is 3.24. The van der Waals surface area contributed by atoms with Crippen molar-refractivity contribution in [3.05, 3.63) is 30.1 Å². The number of amides is 1. The molecule has 0 radical (unpaired) electrons. The van der Waals surface area contributed by atoms with E-state index in [4.69, 9.17) is 5.73 Å². The van der Waals surface area contributed by atoms with Gasteiger partial charge in [0.05, 0.1) is 5.69 Å². The average Bonchev–Trinajstić information content (AvgIpc) is 2.43. The Morgan fingerprint density at radius 2 is 2.29 bits per heavy atom. The van der Waals surface area contributed by atoms with Gasteiger partial charge < -0.3 is 5.73 Å². The molecule has 5 heteroatoms. The number of carbonyl (C=O) groups is 1. The van der Waals surface area contributed by atoms with Crippen LogP contribution in [0.3, 0.4) is 0 Å². The number of pyridine rings is 1. The van der Waals surface area contributed by atoms with Gasteiger partial charge in [-0.15, -0.1) is 0 Å². The van der Waals surface area contributed by atoms with Gasteiger partial charge in [-0.3, -0.25) is 15.1 Å². The van der Waals surface area contributed by atoms with Crippen LogP contribution >= 0.6 is 0 Å². The highest BCUT2D eigenvalue weighted by atomic mass is 16.2. The molecule has 2 heterocycles. The second-order valence-corrected chi connectivity index (χ2v) is 3.24. The van der Waals surface area contributed by atoms with Gasteiger partial charge in [0.15, 0.2) is 11.5 Å². The van der Waals surface area contributed by atoms with E-state index >= 15 is 0 Å². The maximum Gasteiger partial charge on any atom is 0.260 e. The molecule has 0 aliphatic carbocycles. The number of hydrogen-bond donors (Lipinski definition) is 2. The van der Waals surface area contributed by atoms with Gasteiger partial charge in [-0.1, -0.05) is 6.07 Å². The molecule has 1 amide bonds. The molecule has 5 nitrogen and oxygen atoms in total. The fraction of sp³-hybridized carbons (Fsp3) is 0.222. The number of nitrogens with two attached hydrogens (primary N) is 1. The van der Waals surface area contributed by atoms with Crippen molar-refractivity contribution in [2.45, 2.75) is 12.5 Å². The Hall–Kier alpha value is -1.91. The Labute approximate surface area is 81.1 Å². The van der Waals surface area contributed by atoms with E-state index in [1.807, 2.05) is 6.07 Å². The zero-order chi connectivity index (χ0) is 10.2. The highest BCUT2D eigenvalue weighted by Crippen LogP contribution is 2.26. The van der Waals surface area contributed by atoms with E-state index < -0.39 is 5.54 Å². The number of guanidine groups is 1.